The van der Waals surface area contributed by atoms with E-state index in [1.807, 2.05) is 6.92 Å². The summed E-state index contributed by atoms with van der Waals surface area (Å²) in [5, 5.41) is 0. The van der Waals surface area contributed by atoms with Crippen molar-refractivity contribution in [1.29, 1.82) is 0 Å². The fraction of sp³-hybridized carbons (Fsp3) is 0.455. The molecule has 0 amide bonds. The number of rotatable bonds is 1. The monoisotopic (exact) mass is 195 g/mol. The molecule has 1 aromatic carbocycles. The lowest BCUT2D eigenvalue weighted by atomic mass is 9.96. The third-order valence-electron chi connectivity index (χ3n) is 2.64. The molecule has 2 nitrogen and oxygen atoms in total. The van der Waals surface area contributed by atoms with E-state index in [1.54, 1.807) is 6.07 Å². The zero-order valence-corrected chi connectivity index (χ0v) is 8.16. The van der Waals surface area contributed by atoms with E-state index in [0.29, 0.717) is 5.75 Å². The average molecular weight is 195 g/mol. The first-order chi connectivity index (χ1) is 6.70. The molecule has 2 unspecified atom stereocenters. The minimum absolute atomic E-state index is 0.0238. The first-order valence-electron chi connectivity index (χ1n) is 4.92. The van der Waals surface area contributed by atoms with Crippen LogP contribution in [0.1, 0.15) is 31.4 Å². The molecule has 1 heterocycles. The average Bonchev–Trinajstić information content (AvgIpc) is 2.16. The van der Waals surface area contributed by atoms with Gasteiger partial charge >= 0.3 is 0 Å². The Bertz CT molecular complexity index is 340. The Kier molecular flexibility index (Phi) is 2.42. The van der Waals surface area contributed by atoms with Crippen molar-refractivity contribution in [3.8, 4) is 5.75 Å². The molecule has 0 spiro atoms. The van der Waals surface area contributed by atoms with Crippen LogP contribution < -0.4 is 10.5 Å². The minimum atomic E-state index is -0.271. The lowest BCUT2D eigenvalue weighted by molar-refractivity contribution is 0.154. The summed E-state index contributed by atoms with van der Waals surface area (Å²) >= 11 is 0. The van der Waals surface area contributed by atoms with E-state index in [9.17, 15) is 4.39 Å². The van der Waals surface area contributed by atoms with Gasteiger partial charge in [-0.2, -0.15) is 0 Å². The van der Waals surface area contributed by atoms with E-state index in [2.05, 4.69) is 0 Å². The van der Waals surface area contributed by atoms with E-state index in [-0.39, 0.29) is 18.0 Å². The predicted octanol–water partition coefficient (Wildman–Crippen LogP) is 2.39. The highest BCUT2D eigenvalue weighted by molar-refractivity contribution is 5.38. The Morgan fingerprint density at radius 2 is 2.36 bits per heavy atom. The van der Waals surface area contributed by atoms with Crippen LogP contribution in [0.15, 0.2) is 18.2 Å². The second-order valence-electron chi connectivity index (χ2n) is 3.67. The summed E-state index contributed by atoms with van der Waals surface area (Å²) in [7, 11) is 0. The molecule has 0 saturated carbocycles. The predicted molar refractivity (Wildman–Crippen MR) is 52.7 cm³/mol. The van der Waals surface area contributed by atoms with E-state index in [1.165, 1.54) is 12.1 Å². The topological polar surface area (TPSA) is 35.2 Å². The smallest absolute Gasteiger partial charge is 0.127 e. The van der Waals surface area contributed by atoms with Gasteiger partial charge in [0, 0.05) is 24.1 Å². The minimum Gasteiger partial charge on any atom is -0.490 e. The number of benzene rings is 1. The molecular weight excluding hydrogens is 181 g/mol. The normalized spacial score (nSPS) is 25.4. The summed E-state index contributed by atoms with van der Waals surface area (Å²) in [6.07, 6.45) is 1.85. The van der Waals surface area contributed by atoms with Crippen molar-refractivity contribution in [3.05, 3.63) is 29.6 Å². The number of halogens is 1. The maximum atomic E-state index is 12.9. The van der Waals surface area contributed by atoms with Crippen molar-refractivity contribution in [2.75, 3.05) is 0 Å². The molecule has 3 heteroatoms. The molecule has 0 bridgehead atoms. The van der Waals surface area contributed by atoms with Crippen LogP contribution in [-0.2, 0) is 0 Å². The van der Waals surface area contributed by atoms with Gasteiger partial charge in [0.05, 0.1) is 0 Å². The third-order valence-corrected chi connectivity index (χ3v) is 2.64. The molecule has 2 N–H and O–H groups in total. The quantitative estimate of drug-likeness (QED) is 0.746. The van der Waals surface area contributed by atoms with Crippen LogP contribution in [0.2, 0.25) is 0 Å². The Morgan fingerprint density at radius 1 is 1.57 bits per heavy atom. The summed E-state index contributed by atoms with van der Waals surface area (Å²) in [6.45, 7) is 2.04. The van der Waals surface area contributed by atoms with Gasteiger partial charge in [-0.05, 0) is 12.5 Å². The summed E-state index contributed by atoms with van der Waals surface area (Å²) in [6, 6.07) is 4.52. The standard InChI is InChI=1S/C11H14FNO/c1-2-8-6-10(13)9-4-3-7(12)5-11(9)14-8/h3-5,8,10H,2,6,13H2,1H3. The summed E-state index contributed by atoms with van der Waals surface area (Å²) < 4.78 is 18.5. The van der Waals surface area contributed by atoms with Crippen molar-refractivity contribution < 1.29 is 9.13 Å². The molecule has 2 atom stereocenters. The van der Waals surface area contributed by atoms with Gasteiger partial charge in [-0.15, -0.1) is 0 Å². The van der Waals surface area contributed by atoms with Gasteiger partial charge in [0.15, 0.2) is 0 Å². The van der Waals surface area contributed by atoms with Gasteiger partial charge in [0.1, 0.15) is 17.7 Å². The van der Waals surface area contributed by atoms with E-state index in [4.69, 9.17) is 10.5 Å². The van der Waals surface area contributed by atoms with Crippen LogP contribution >= 0.6 is 0 Å². The van der Waals surface area contributed by atoms with Gasteiger partial charge in [-0.3, -0.25) is 0 Å². The number of fused-ring (bicyclic) bond motifs is 1. The second kappa shape index (κ2) is 3.58. The van der Waals surface area contributed by atoms with E-state index >= 15 is 0 Å². The van der Waals surface area contributed by atoms with Gasteiger partial charge < -0.3 is 10.5 Å². The Balaban J connectivity index is 2.35. The third kappa shape index (κ3) is 1.60. The highest BCUT2D eigenvalue weighted by Crippen LogP contribution is 2.34. The van der Waals surface area contributed by atoms with Gasteiger partial charge in [-0.1, -0.05) is 13.0 Å². The molecule has 0 saturated heterocycles. The van der Waals surface area contributed by atoms with Crippen molar-refractivity contribution >= 4 is 0 Å². The molecular formula is C11H14FNO. The molecule has 14 heavy (non-hydrogen) atoms. The summed E-state index contributed by atoms with van der Waals surface area (Å²) in [4.78, 5) is 0. The molecule has 1 aromatic rings. The maximum absolute atomic E-state index is 12.9. The zero-order chi connectivity index (χ0) is 10.1. The summed E-state index contributed by atoms with van der Waals surface area (Å²) in [5.41, 5.74) is 6.87. The van der Waals surface area contributed by atoms with E-state index < -0.39 is 0 Å². The summed E-state index contributed by atoms with van der Waals surface area (Å²) in [5.74, 6) is 0.336. The molecule has 0 aliphatic carbocycles. The molecule has 0 aromatic heterocycles. The highest BCUT2D eigenvalue weighted by Gasteiger charge is 2.24. The fourth-order valence-corrected chi connectivity index (χ4v) is 1.80. The molecule has 0 fully saturated rings. The van der Waals surface area contributed by atoms with Crippen molar-refractivity contribution in [1.82, 2.24) is 0 Å². The zero-order valence-electron chi connectivity index (χ0n) is 8.16. The Hall–Kier alpha value is -1.09. The van der Waals surface area contributed by atoms with E-state index in [0.717, 1.165) is 18.4 Å². The number of nitrogens with two attached hydrogens (primary N) is 1. The van der Waals surface area contributed by atoms with Crippen molar-refractivity contribution in [2.45, 2.75) is 31.9 Å². The molecule has 1 aliphatic heterocycles. The number of hydrogen-bond acceptors (Lipinski definition) is 2. The van der Waals surface area contributed by atoms with Gasteiger partial charge in [0.25, 0.3) is 0 Å². The van der Waals surface area contributed by atoms with Crippen LogP contribution in [0.5, 0.6) is 5.75 Å². The largest absolute Gasteiger partial charge is 0.490 e. The second-order valence-corrected chi connectivity index (χ2v) is 3.67. The van der Waals surface area contributed by atoms with Crippen LogP contribution in [0.3, 0.4) is 0 Å². The lowest BCUT2D eigenvalue weighted by Gasteiger charge is -2.29. The van der Waals surface area contributed by atoms with Crippen LogP contribution in [0, 0.1) is 5.82 Å². The SMILES string of the molecule is CCC1CC(N)c2ccc(F)cc2O1. The Labute approximate surface area is 82.9 Å². The first-order valence-corrected chi connectivity index (χ1v) is 4.92. The van der Waals surface area contributed by atoms with Crippen LogP contribution in [0.25, 0.3) is 0 Å². The lowest BCUT2D eigenvalue weighted by Crippen LogP contribution is -2.28. The molecule has 0 radical (unpaired) electrons. The van der Waals surface area contributed by atoms with Crippen LogP contribution in [0.4, 0.5) is 4.39 Å². The maximum Gasteiger partial charge on any atom is 0.127 e. The van der Waals surface area contributed by atoms with Crippen molar-refractivity contribution in [3.63, 3.8) is 0 Å². The fourth-order valence-electron chi connectivity index (χ4n) is 1.80. The molecule has 76 valence electrons. The Morgan fingerprint density at radius 3 is 3.07 bits per heavy atom. The number of ether oxygens (including phenoxy) is 1. The highest BCUT2D eigenvalue weighted by atomic mass is 19.1. The van der Waals surface area contributed by atoms with Crippen LogP contribution in [-0.4, -0.2) is 6.10 Å². The first kappa shape index (κ1) is 9.46. The molecule has 2 rings (SSSR count). The molecule has 1 aliphatic rings. The van der Waals surface area contributed by atoms with Gasteiger partial charge in [-0.25, -0.2) is 4.39 Å². The number of hydrogen-bond donors (Lipinski definition) is 1. The van der Waals surface area contributed by atoms with Crippen molar-refractivity contribution in [2.24, 2.45) is 5.73 Å². The van der Waals surface area contributed by atoms with Gasteiger partial charge in [0.2, 0.25) is 0 Å².